The van der Waals surface area contributed by atoms with Crippen LogP contribution in [0.1, 0.15) is 30.6 Å². The van der Waals surface area contributed by atoms with E-state index in [1.165, 1.54) is 5.56 Å². The Bertz CT molecular complexity index is 483. The first-order chi connectivity index (χ1) is 9.16. The first-order valence-corrected chi connectivity index (χ1v) is 6.89. The van der Waals surface area contributed by atoms with Crippen LogP contribution in [0.3, 0.4) is 0 Å². The van der Waals surface area contributed by atoms with Gasteiger partial charge in [-0.05, 0) is 25.8 Å². The molecule has 4 heteroatoms. The molecule has 0 radical (unpaired) electrons. The second kappa shape index (κ2) is 4.94. The molecule has 2 aliphatic rings. The average molecular weight is 260 g/mol. The minimum atomic E-state index is -0.119. The number of aryl methyl sites for hydroxylation is 1. The van der Waals surface area contributed by atoms with Crippen molar-refractivity contribution in [1.82, 2.24) is 10.2 Å². The quantitative estimate of drug-likeness (QED) is 0.878. The smallest absolute Gasteiger partial charge is 0.241 e. The first kappa shape index (κ1) is 12.6. The second-order valence-electron chi connectivity index (χ2n) is 5.47. The average Bonchev–Trinajstić information content (AvgIpc) is 2.99. The third kappa shape index (κ3) is 2.26. The molecule has 2 fully saturated rings. The molecule has 3 atom stereocenters. The van der Waals surface area contributed by atoms with E-state index < -0.39 is 0 Å². The molecule has 0 saturated carbocycles. The highest BCUT2D eigenvalue weighted by atomic mass is 16.5. The molecule has 19 heavy (non-hydrogen) atoms. The summed E-state index contributed by atoms with van der Waals surface area (Å²) in [7, 11) is 0. The Morgan fingerprint density at radius 1 is 1.42 bits per heavy atom. The van der Waals surface area contributed by atoms with E-state index in [9.17, 15) is 4.79 Å². The molecule has 2 saturated heterocycles. The minimum Gasteiger partial charge on any atom is -0.379 e. The number of benzene rings is 1. The normalized spacial score (nSPS) is 31.2. The van der Waals surface area contributed by atoms with Gasteiger partial charge in [0.2, 0.25) is 5.91 Å². The lowest BCUT2D eigenvalue weighted by atomic mass is 10.1. The van der Waals surface area contributed by atoms with Gasteiger partial charge in [-0.15, -0.1) is 0 Å². The second-order valence-corrected chi connectivity index (χ2v) is 5.47. The van der Waals surface area contributed by atoms with Crippen LogP contribution in [-0.4, -0.2) is 36.1 Å². The van der Waals surface area contributed by atoms with Crippen molar-refractivity contribution in [3.05, 3.63) is 35.4 Å². The molecule has 2 heterocycles. The van der Waals surface area contributed by atoms with Crippen molar-refractivity contribution in [2.45, 2.75) is 38.5 Å². The van der Waals surface area contributed by atoms with E-state index in [1.54, 1.807) is 0 Å². The van der Waals surface area contributed by atoms with Gasteiger partial charge in [0.25, 0.3) is 0 Å². The topological polar surface area (TPSA) is 41.6 Å². The van der Waals surface area contributed by atoms with Crippen LogP contribution in [0.25, 0.3) is 0 Å². The van der Waals surface area contributed by atoms with Crippen LogP contribution in [0, 0.1) is 6.92 Å². The summed E-state index contributed by atoms with van der Waals surface area (Å²) in [4.78, 5) is 14.3. The third-order valence-electron chi connectivity index (χ3n) is 3.97. The Hall–Kier alpha value is -1.39. The van der Waals surface area contributed by atoms with Crippen LogP contribution < -0.4 is 5.32 Å². The lowest BCUT2D eigenvalue weighted by Gasteiger charge is -2.29. The van der Waals surface area contributed by atoms with Crippen molar-refractivity contribution in [3.63, 3.8) is 0 Å². The van der Waals surface area contributed by atoms with Gasteiger partial charge in [0.1, 0.15) is 6.17 Å². The first-order valence-electron chi connectivity index (χ1n) is 6.89. The molecular weight excluding hydrogens is 240 g/mol. The zero-order valence-electron chi connectivity index (χ0n) is 11.4. The lowest BCUT2D eigenvalue weighted by Crippen LogP contribution is -2.40. The third-order valence-corrected chi connectivity index (χ3v) is 3.97. The minimum absolute atomic E-state index is 0.0194. The molecule has 0 bridgehead atoms. The maximum atomic E-state index is 12.4. The molecule has 1 amide bonds. The molecule has 0 aliphatic carbocycles. The summed E-state index contributed by atoms with van der Waals surface area (Å²) < 4.78 is 5.44. The van der Waals surface area contributed by atoms with Gasteiger partial charge in [-0.1, -0.05) is 29.8 Å². The van der Waals surface area contributed by atoms with E-state index in [0.29, 0.717) is 6.61 Å². The molecule has 1 aromatic carbocycles. The summed E-state index contributed by atoms with van der Waals surface area (Å²) in [6.07, 6.45) is 0.914. The Labute approximate surface area is 113 Å². The van der Waals surface area contributed by atoms with Gasteiger partial charge in [0.15, 0.2) is 0 Å². The fraction of sp³-hybridized carbons (Fsp3) is 0.533. The number of amides is 1. The predicted octanol–water partition coefficient (Wildman–Crippen LogP) is 1.60. The van der Waals surface area contributed by atoms with Crippen molar-refractivity contribution in [2.24, 2.45) is 0 Å². The number of nitrogens with one attached hydrogen (secondary N) is 1. The van der Waals surface area contributed by atoms with Crippen LogP contribution in [0.4, 0.5) is 0 Å². The largest absolute Gasteiger partial charge is 0.379 e. The van der Waals surface area contributed by atoms with Crippen LogP contribution >= 0.6 is 0 Å². The molecule has 0 spiro atoms. The highest BCUT2D eigenvalue weighted by Crippen LogP contribution is 2.30. The summed E-state index contributed by atoms with van der Waals surface area (Å²) in [6, 6.07) is 8.43. The van der Waals surface area contributed by atoms with Crippen molar-refractivity contribution in [3.8, 4) is 0 Å². The molecule has 102 valence electrons. The number of rotatable bonds is 2. The molecule has 3 unspecified atom stereocenters. The molecule has 1 aromatic rings. The van der Waals surface area contributed by atoms with Crippen LogP contribution in [0.5, 0.6) is 0 Å². The van der Waals surface area contributed by atoms with Gasteiger partial charge >= 0.3 is 0 Å². The van der Waals surface area contributed by atoms with Crippen LogP contribution in [0.2, 0.25) is 0 Å². The number of carbonyl (C=O) groups excluding carboxylic acids is 1. The summed E-state index contributed by atoms with van der Waals surface area (Å²) in [5.74, 6) is 0.182. The van der Waals surface area contributed by atoms with Gasteiger partial charge in [-0.2, -0.15) is 0 Å². The van der Waals surface area contributed by atoms with E-state index in [4.69, 9.17) is 4.74 Å². The number of ether oxygens (including phenoxy) is 1. The summed E-state index contributed by atoms with van der Waals surface area (Å²) in [5.41, 5.74) is 2.37. The lowest BCUT2D eigenvalue weighted by molar-refractivity contribution is -0.132. The van der Waals surface area contributed by atoms with Crippen molar-refractivity contribution < 1.29 is 9.53 Å². The zero-order valence-corrected chi connectivity index (χ0v) is 11.4. The molecule has 3 rings (SSSR count). The van der Waals surface area contributed by atoms with E-state index in [-0.39, 0.29) is 24.2 Å². The summed E-state index contributed by atoms with van der Waals surface area (Å²) in [6.45, 7) is 5.42. The fourth-order valence-corrected chi connectivity index (χ4v) is 2.97. The monoisotopic (exact) mass is 260 g/mol. The van der Waals surface area contributed by atoms with E-state index in [0.717, 1.165) is 18.6 Å². The number of nitrogens with zero attached hydrogens (tertiary/aromatic N) is 1. The summed E-state index contributed by atoms with van der Waals surface area (Å²) in [5, 5.41) is 3.39. The Kier molecular flexibility index (Phi) is 3.29. The van der Waals surface area contributed by atoms with Crippen molar-refractivity contribution >= 4 is 5.91 Å². The van der Waals surface area contributed by atoms with E-state index in [1.807, 2.05) is 17.9 Å². The van der Waals surface area contributed by atoms with Crippen molar-refractivity contribution in [2.75, 3.05) is 13.2 Å². The van der Waals surface area contributed by atoms with Gasteiger partial charge in [-0.25, -0.2) is 0 Å². The highest BCUT2D eigenvalue weighted by Gasteiger charge is 2.42. The Morgan fingerprint density at radius 3 is 2.95 bits per heavy atom. The van der Waals surface area contributed by atoms with Gasteiger partial charge in [-0.3, -0.25) is 10.1 Å². The van der Waals surface area contributed by atoms with E-state index >= 15 is 0 Å². The SMILES string of the molecule is Cc1cccc(C2NC(C)C(=O)N2C2CCOC2)c1. The van der Waals surface area contributed by atoms with Gasteiger partial charge in [0.05, 0.1) is 18.7 Å². The fourth-order valence-electron chi connectivity index (χ4n) is 2.97. The maximum Gasteiger partial charge on any atom is 0.241 e. The predicted molar refractivity (Wildman–Crippen MR) is 72.6 cm³/mol. The Morgan fingerprint density at radius 2 is 2.26 bits per heavy atom. The summed E-state index contributed by atoms with van der Waals surface area (Å²) >= 11 is 0. The number of hydrogen-bond acceptors (Lipinski definition) is 3. The maximum absolute atomic E-state index is 12.4. The highest BCUT2D eigenvalue weighted by molar-refractivity contribution is 5.84. The van der Waals surface area contributed by atoms with Crippen LogP contribution in [-0.2, 0) is 9.53 Å². The number of carbonyl (C=O) groups is 1. The van der Waals surface area contributed by atoms with Gasteiger partial charge in [0, 0.05) is 6.61 Å². The van der Waals surface area contributed by atoms with E-state index in [2.05, 4.69) is 30.4 Å². The molecule has 1 N–H and O–H groups in total. The van der Waals surface area contributed by atoms with Crippen LogP contribution in [0.15, 0.2) is 24.3 Å². The zero-order chi connectivity index (χ0) is 13.4. The standard InChI is InChI=1S/C15H20N2O2/c1-10-4-3-5-12(8-10)14-16-11(2)15(18)17(14)13-6-7-19-9-13/h3-5,8,11,13-14,16H,6-7,9H2,1-2H3. The molecule has 2 aliphatic heterocycles. The molecule has 4 nitrogen and oxygen atoms in total. The van der Waals surface area contributed by atoms with Gasteiger partial charge < -0.3 is 9.64 Å². The number of hydrogen-bond donors (Lipinski definition) is 1. The Balaban J connectivity index is 1.92. The van der Waals surface area contributed by atoms with Crippen molar-refractivity contribution in [1.29, 1.82) is 0 Å². The molecule has 0 aromatic heterocycles. The molecular formula is C15H20N2O2.